The van der Waals surface area contributed by atoms with Crippen LogP contribution >= 0.6 is 22.6 Å². The molecule has 2 atom stereocenters. The number of halogens is 1. The van der Waals surface area contributed by atoms with Crippen LogP contribution < -0.4 is 5.32 Å². The van der Waals surface area contributed by atoms with Crippen molar-refractivity contribution in [1.29, 1.82) is 0 Å². The molecule has 0 aromatic heterocycles. The SMILES string of the molecule is COC(=O)[C@]1(C)C[C@H](CI)OC(=O)N1. The summed E-state index contributed by atoms with van der Waals surface area (Å²) in [6.07, 6.45) is -0.354. The Morgan fingerprint density at radius 3 is 3.00 bits per heavy atom. The second-order valence-corrected chi connectivity index (χ2v) is 4.22. The molecule has 1 saturated heterocycles. The van der Waals surface area contributed by atoms with Crippen LogP contribution in [0.2, 0.25) is 0 Å². The molecule has 1 heterocycles. The number of alkyl halides is 1. The maximum absolute atomic E-state index is 11.4. The van der Waals surface area contributed by atoms with Crippen molar-refractivity contribution in [1.82, 2.24) is 5.32 Å². The van der Waals surface area contributed by atoms with Crippen LogP contribution in [0.5, 0.6) is 0 Å². The average Bonchev–Trinajstić information content (AvgIpc) is 2.15. The van der Waals surface area contributed by atoms with Crippen LogP contribution in [0.1, 0.15) is 13.3 Å². The number of carbonyl (C=O) groups is 2. The van der Waals surface area contributed by atoms with Gasteiger partial charge in [0.25, 0.3) is 0 Å². The van der Waals surface area contributed by atoms with Gasteiger partial charge in [-0.05, 0) is 6.92 Å². The van der Waals surface area contributed by atoms with Crippen LogP contribution in [0, 0.1) is 0 Å². The standard InChI is InChI=1S/C8H12INO4/c1-8(6(11)13-2)3-5(4-9)14-7(12)10-8/h5H,3-4H2,1-2H3,(H,10,12)/t5-,8+/m1/s1. The van der Waals surface area contributed by atoms with Gasteiger partial charge in [-0.1, -0.05) is 22.6 Å². The number of esters is 1. The van der Waals surface area contributed by atoms with E-state index in [-0.39, 0.29) is 6.10 Å². The molecule has 1 aliphatic rings. The molecule has 0 radical (unpaired) electrons. The molecule has 0 spiro atoms. The highest BCUT2D eigenvalue weighted by molar-refractivity contribution is 14.1. The van der Waals surface area contributed by atoms with Gasteiger partial charge in [0.15, 0.2) is 0 Å². The first kappa shape index (κ1) is 11.5. The number of nitrogens with one attached hydrogen (secondary N) is 1. The number of hydrogen-bond acceptors (Lipinski definition) is 4. The normalized spacial score (nSPS) is 31.6. The summed E-state index contributed by atoms with van der Waals surface area (Å²) in [5.41, 5.74) is -0.958. The molecule has 1 N–H and O–H groups in total. The molecule has 0 unspecified atom stereocenters. The monoisotopic (exact) mass is 313 g/mol. The smallest absolute Gasteiger partial charge is 0.408 e. The fourth-order valence-electron chi connectivity index (χ4n) is 1.40. The summed E-state index contributed by atoms with van der Waals surface area (Å²) >= 11 is 2.11. The molecular formula is C8H12INO4. The van der Waals surface area contributed by atoms with Gasteiger partial charge in [-0.15, -0.1) is 0 Å². The molecular weight excluding hydrogens is 301 g/mol. The Labute approximate surface area is 95.6 Å². The lowest BCUT2D eigenvalue weighted by molar-refractivity contribution is -0.150. The van der Waals surface area contributed by atoms with E-state index in [2.05, 4.69) is 32.6 Å². The first-order valence-electron chi connectivity index (χ1n) is 4.15. The predicted molar refractivity (Wildman–Crippen MR) is 57.3 cm³/mol. The summed E-state index contributed by atoms with van der Waals surface area (Å²) in [5, 5.41) is 2.47. The lowest BCUT2D eigenvalue weighted by atomic mass is 9.94. The first-order valence-corrected chi connectivity index (χ1v) is 5.67. The maximum Gasteiger partial charge on any atom is 0.408 e. The van der Waals surface area contributed by atoms with E-state index in [9.17, 15) is 9.59 Å². The lowest BCUT2D eigenvalue weighted by Gasteiger charge is -2.35. The number of carbonyl (C=O) groups excluding carboxylic acids is 2. The van der Waals surface area contributed by atoms with Crippen LogP contribution in [-0.4, -0.2) is 35.2 Å². The minimum atomic E-state index is -0.958. The van der Waals surface area contributed by atoms with E-state index in [0.717, 1.165) is 0 Å². The highest BCUT2D eigenvalue weighted by Gasteiger charge is 2.43. The van der Waals surface area contributed by atoms with E-state index >= 15 is 0 Å². The Kier molecular flexibility index (Phi) is 3.57. The van der Waals surface area contributed by atoms with Crippen LogP contribution in [0.25, 0.3) is 0 Å². The molecule has 0 aromatic rings. The minimum absolute atomic E-state index is 0.228. The zero-order valence-electron chi connectivity index (χ0n) is 8.00. The van der Waals surface area contributed by atoms with Gasteiger partial charge in [0.1, 0.15) is 11.6 Å². The Morgan fingerprint density at radius 1 is 1.86 bits per heavy atom. The molecule has 1 rings (SSSR count). The van der Waals surface area contributed by atoms with Crippen LogP contribution in [0.4, 0.5) is 4.79 Å². The fraction of sp³-hybridized carbons (Fsp3) is 0.750. The van der Waals surface area contributed by atoms with Gasteiger partial charge in [0.2, 0.25) is 0 Å². The molecule has 6 heteroatoms. The quantitative estimate of drug-likeness (QED) is 0.466. The summed E-state index contributed by atoms with van der Waals surface area (Å²) in [6.45, 7) is 1.64. The first-order chi connectivity index (χ1) is 6.51. The highest BCUT2D eigenvalue weighted by Crippen LogP contribution is 2.22. The number of rotatable bonds is 2. The molecule has 0 bridgehead atoms. The van der Waals surface area contributed by atoms with E-state index in [1.807, 2.05) is 0 Å². The Bertz CT molecular complexity index is 258. The molecule has 14 heavy (non-hydrogen) atoms. The van der Waals surface area contributed by atoms with Gasteiger partial charge in [0.05, 0.1) is 7.11 Å². The van der Waals surface area contributed by atoms with E-state index in [1.165, 1.54) is 7.11 Å². The van der Waals surface area contributed by atoms with Crippen LogP contribution in [0.15, 0.2) is 0 Å². The van der Waals surface area contributed by atoms with Gasteiger partial charge in [-0.3, -0.25) is 0 Å². The van der Waals surface area contributed by atoms with Crippen molar-refractivity contribution in [2.45, 2.75) is 25.0 Å². The highest BCUT2D eigenvalue weighted by atomic mass is 127. The largest absolute Gasteiger partial charge is 0.467 e. The predicted octanol–water partition coefficient (Wildman–Crippen LogP) is 0.852. The zero-order chi connectivity index (χ0) is 10.8. The number of cyclic esters (lactones) is 1. The zero-order valence-corrected chi connectivity index (χ0v) is 10.2. The molecule has 0 aromatic carbocycles. The van der Waals surface area contributed by atoms with E-state index in [1.54, 1.807) is 6.92 Å². The van der Waals surface area contributed by atoms with Gasteiger partial charge < -0.3 is 14.8 Å². The summed E-state index contributed by atoms with van der Waals surface area (Å²) in [5.74, 6) is -0.441. The summed E-state index contributed by atoms with van der Waals surface area (Å²) in [7, 11) is 1.30. The van der Waals surface area contributed by atoms with E-state index in [0.29, 0.717) is 10.8 Å². The van der Waals surface area contributed by atoms with Crippen molar-refractivity contribution < 1.29 is 19.1 Å². The molecule has 5 nitrogen and oxygen atoms in total. The summed E-state index contributed by atoms with van der Waals surface area (Å²) in [6, 6.07) is 0. The number of ether oxygens (including phenoxy) is 2. The van der Waals surface area contributed by atoms with Crippen molar-refractivity contribution >= 4 is 34.7 Å². The van der Waals surface area contributed by atoms with Crippen molar-refractivity contribution in [3.05, 3.63) is 0 Å². The lowest BCUT2D eigenvalue weighted by Crippen LogP contribution is -2.59. The third-order valence-electron chi connectivity index (χ3n) is 2.10. The molecule has 1 fully saturated rings. The molecule has 1 aliphatic heterocycles. The molecule has 1 amide bonds. The van der Waals surface area contributed by atoms with Crippen molar-refractivity contribution in [3.63, 3.8) is 0 Å². The van der Waals surface area contributed by atoms with Crippen molar-refractivity contribution in [2.75, 3.05) is 11.5 Å². The van der Waals surface area contributed by atoms with Gasteiger partial charge in [-0.2, -0.15) is 0 Å². The summed E-state index contributed by atoms with van der Waals surface area (Å²) in [4.78, 5) is 22.5. The van der Waals surface area contributed by atoms with Crippen molar-refractivity contribution in [3.8, 4) is 0 Å². The van der Waals surface area contributed by atoms with Gasteiger partial charge in [-0.25, -0.2) is 9.59 Å². The fourth-order valence-corrected chi connectivity index (χ4v) is 1.89. The minimum Gasteiger partial charge on any atom is -0.467 e. The summed E-state index contributed by atoms with van der Waals surface area (Å²) < 4.78 is 10.2. The van der Waals surface area contributed by atoms with Gasteiger partial charge >= 0.3 is 12.1 Å². The Hall–Kier alpha value is -0.530. The molecule has 0 aliphatic carbocycles. The third kappa shape index (κ3) is 2.28. The van der Waals surface area contributed by atoms with Gasteiger partial charge in [0, 0.05) is 10.8 Å². The third-order valence-corrected chi connectivity index (χ3v) is 3.08. The van der Waals surface area contributed by atoms with Crippen LogP contribution in [0.3, 0.4) is 0 Å². The van der Waals surface area contributed by atoms with E-state index < -0.39 is 17.6 Å². The Balaban J connectivity index is 2.78. The average molecular weight is 313 g/mol. The molecule has 80 valence electrons. The number of alkyl carbamates (subject to hydrolysis) is 1. The second-order valence-electron chi connectivity index (χ2n) is 3.33. The van der Waals surface area contributed by atoms with Crippen molar-refractivity contribution in [2.24, 2.45) is 0 Å². The van der Waals surface area contributed by atoms with Crippen LogP contribution in [-0.2, 0) is 14.3 Å². The topological polar surface area (TPSA) is 64.6 Å². The number of amides is 1. The number of methoxy groups -OCH3 is 1. The van der Waals surface area contributed by atoms with E-state index in [4.69, 9.17) is 4.74 Å². The Morgan fingerprint density at radius 2 is 2.50 bits per heavy atom. The molecule has 0 saturated carbocycles. The maximum atomic E-state index is 11.4. The second kappa shape index (κ2) is 4.33. The number of hydrogen-bond donors (Lipinski definition) is 1.